The fraction of sp³-hybridized carbons (Fsp3) is 0. The molecule has 0 aliphatic rings. The summed E-state index contributed by atoms with van der Waals surface area (Å²) in [4.78, 5) is 15.7. The highest BCUT2D eigenvalue weighted by Crippen LogP contribution is 2.42. The molecule has 0 amide bonds. The molecule has 0 fully saturated rings. The number of fused-ring (bicyclic) bond motifs is 13. The molecule has 0 saturated carbocycles. The molecule has 0 saturated heterocycles. The maximum atomic E-state index is 6.34. The van der Waals surface area contributed by atoms with Crippen molar-refractivity contribution < 1.29 is 4.42 Å². The first-order valence-corrected chi connectivity index (χ1v) is 21.5. The van der Waals surface area contributed by atoms with Crippen LogP contribution < -0.4 is 0 Å². The Labute approximate surface area is 365 Å². The number of furan rings is 1. The zero-order valence-corrected chi connectivity index (χ0v) is 34.2. The Balaban J connectivity index is 0.971. The van der Waals surface area contributed by atoms with Gasteiger partial charge in [0.15, 0.2) is 11.6 Å². The molecule has 5 heterocycles. The van der Waals surface area contributed by atoms with Crippen LogP contribution in [-0.4, -0.2) is 28.7 Å². The van der Waals surface area contributed by atoms with E-state index in [1.807, 2.05) is 24.3 Å². The molecule has 0 bridgehead atoms. The van der Waals surface area contributed by atoms with Gasteiger partial charge in [-0.2, -0.15) is 9.97 Å². The summed E-state index contributed by atoms with van der Waals surface area (Å²) in [5.41, 5.74) is 12.3. The van der Waals surface area contributed by atoms with Crippen molar-refractivity contribution in [2.45, 2.75) is 0 Å². The van der Waals surface area contributed by atoms with Gasteiger partial charge in [0.1, 0.15) is 11.2 Å². The average Bonchev–Trinajstić information content (AvgIpc) is 4.10. The van der Waals surface area contributed by atoms with Crippen LogP contribution in [0.1, 0.15) is 0 Å². The van der Waals surface area contributed by atoms with Crippen LogP contribution in [0.25, 0.3) is 127 Å². The molecule has 0 radical (unpaired) electrons. The minimum absolute atomic E-state index is 0.548. The van der Waals surface area contributed by atoms with Crippen LogP contribution in [0.4, 0.5) is 0 Å². The van der Waals surface area contributed by atoms with E-state index in [0.29, 0.717) is 17.6 Å². The normalized spacial score (nSPS) is 12.1. The zero-order valence-electron chi connectivity index (χ0n) is 34.2. The maximum absolute atomic E-state index is 6.34. The Hall–Kier alpha value is -8.81. The molecule has 14 rings (SSSR count). The summed E-state index contributed by atoms with van der Waals surface area (Å²) in [7, 11) is 0. The minimum Gasteiger partial charge on any atom is -0.456 e. The molecule has 0 aliphatic heterocycles. The summed E-state index contributed by atoms with van der Waals surface area (Å²) >= 11 is 0. The molecule has 64 heavy (non-hydrogen) atoms. The molecule has 298 valence electrons. The van der Waals surface area contributed by atoms with Crippen LogP contribution in [0.5, 0.6) is 0 Å². The van der Waals surface area contributed by atoms with Gasteiger partial charge in [-0.05, 0) is 84.9 Å². The molecular formula is C57H34N6O. The summed E-state index contributed by atoms with van der Waals surface area (Å²) in [5, 5.41) is 9.30. The van der Waals surface area contributed by atoms with Gasteiger partial charge in [0, 0.05) is 65.6 Å². The smallest absolute Gasteiger partial charge is 0.238 e. The Morgan fingerprint density at radius 1 is 0.312 bits per heavy atom. The van der Waals surface area contributed by atoms with E-state index in [-0.39, 0.29) is 0 Å². The van der Waals surface area contributed by atoms with Crippen LogP contribution >= 0.6 is 0 Å². The maximum Gasteiger partial charge on any atom is 0.238 e. The van der Waals surface area contributed by atoms with Crippen LogP contribution in [0.15, 0.2) is 211 Å². The number of benzene rings is 9. The lowest BCUT2D eigenvalue weighted by atomic mass is 10.1. The van der Waals surface area contributed by atoms with Gasteiger partial charge in [-0.1, -0.05) is 121 Å². The second-order valence-electron chi connectivity index (χ2n) is 16.4. The molecule has 0 unspecified atom stereocenters. The van der Waals surface area contributed by atoms with Gasteiger partial charge in [-0.15, -0.1) is 0 Å². The third-order valence-corrected chi connectivity index (χ3v) is 12.9. The number of rotatable bonds is 5. The molecular weight excluding hydrogens is 785 g/mol. The van der Waals surface area contributed by atoms with Crippen LogP contribution in [0.2, 0.25) is 0 Å². The number of para-hydroxylation sites is 6. The molecule has 9 aromatic carbocycles. The van der Waals surface area contributed by atoms with Crippen LogP contribution in [-0.2, 0) is 0 Å². The molecule has 14 aromatic rings. The third-order valence-electron chi connectivity index (χ3n) is 12.9. The Morgan fingerprint density at radius 2 is 0.812 bits per heavy atom. The fourth-order valence-electron chi connectivity index (χ4n) is 10.1. The second kappa shape index (κ2) is 13.3. The van der Waals surface area contributed by atoms with Gasteiger partial charge in [0.2, 0.25) is 5.95 Å². The number of nitrogens with zero attached hydrogens (tertiary/aromatic N) is 6. The van der Waals surface area contributed by atoms with Crippen molar-refractivity contribution in [1.82, 2.24) is 28.7 Å². The lowest BCUT2D eigenvalue weighted by Crippen LogP contribution is -2.06. The Kier molecular flexibility index (Phi) is 7.27. The van der Waals surface area contributed by atoms with Crippen molar-refractivity contribution >= 4 is 87.4 Å². The standard InChI is InChI=1S/C57H34N6O/c1-2-14-37(15-3-1)62-46-21-9-6-18-41(46)44-32-33-50-53(54(44)62)45-20-7-12-24-49(45)61(50)38-29-26-35(27-30-38)55-58-56(36-28-31-43-42-19-8-13-25-51(42)64-52(43)34-36)60-57(59-55)63-47-22-10-4-16-39(47)40-17-5-11-23-48(40)63/h1-34H. The quantitative estimate of drug-likeness (QED) is 0.173. The Morgan fingerprint density at radius 3 is 1.52 bits per heavy atom. The first-order valence-electron chi connectivity index (χ1n) is 21.5. The molecule has 7 nitrogen and oxygen atoms in total. The molecule has 0 atom stereocenters. The number of hydrogen-bond acceptors (Lipinski definition) is 4. The largest absolute Gasteiger partial charge is 0.456 e. The first-order chi connectivity index (χ1) is 31.7. The SMILES string of the molecule is c1ccc(-n2c3ccccc3c3ccc4c(c5ccccc5n4-c4ccc(-c5nc(-c6ccc7c(c6)oc6ccccc67)nc(-n6c7ccccc7c7ccccc76)n5)cc4)c32)cc1. The summed E-state index contributed by atoms with van der Waals surface area (Å²) < 4.78 is 13.3. The van der Waals surface area contributed by atoms with E-state index in [0.717, 1.165) is 77.3 Å². The minimum atomic E-state index is 0.548. The van der Waals surface area contributed by atoms with Crippen LogP contribution in [0.3, 0.4) is 0 Å². The highest BCUT2D eigenvalue weighted by Gasteiger charge is 2.22. The van der Waals surface area contributed by atoms with Gasteiger partial charge in [0.05, 0.1) is 33.1 Å². The lowest BCUT2D eigenvalue weighted by molar-refractivity contribution is 0.669. The van der Waals surface area contributed by atoms with Crippen molar-refractivity contribution in [1.29, 1.82) is 0 Å². The van der Waals surface area contributed by atoms with E-state index in [4.69, 9.17) is 19.4 Å². The van der Waals surface area contributed by atoms with Crippen molar-refractivity contribution in [3.63, 3.8) is 0 Å². The molecule has 0 N–H and O–H groups in total. The van der Waals surface area contributed by atoms with E-state index in [2.05, 4.69) is 196 Å². The van der Waals surface area contributed by atoms with Crippen molar-refractivity contribution in [2.75, 3.05) is 0 Å². The molecule has 0 spiro atoms. The predicted octanol–water partition coefficient (Wildman–Crippen LogP) is 14.4. The summed E-state index contributed by atoms with van der Waals surface area (Å²) in [6.07, 6.45) is 0. The first kappa shape index (κ1) is 34.9. The van der Waals surface area contributed by atoms with Gasteiger partial charge >= 0.3 is 0 Å². The van der Waals surface area contributed by atoms with Crippen molar-refractivity contribution in [3.8, 4) is 40.1 Å². The van der Waals surface area contributed by atoms with Crippen LogP contribution in [0, 0.1) is 0 Å². The fourth-order valence-corrected chi connectivity index (χ4v) is 10.1. The zero-order chi connectivity index (χ0) is 41.9. The van der Waals surface area contributed by atoms with Crippen molar-refractivity contribution in [2.24, 2.45) is 0 Å². The van der Waals surface area contributed by atoms with E-state index in [9.17, 15) is 0 Å². The molecule has 5 aromatic heterocycles. The van der Waals surface area contributed by atoms with Gasteiger partial charge < -0.3 is 13.6 Å². The van der Waals surface area contributed by atoms with Gasteiger partial charge in [-0.25, -0.2) is 4.98 Å². The van der Waals surface area contributed by atoms with Gasteiger partial charge in [-0.3, -0.25) is 4.57 Å². The van der Waals surface area contributed by atoms with Gasteiger partial charge in [0.25, 0.3) is 0 Å². The Bertz CT molecular complexity index is 4140. The average molecular weight is 819 g/mol. The lowest BCUT2D eigenvalue weighted by Gasteiger charge is -2.12. The third kappa shape index (κ3) is 5.00. The second-order valence-corrected chi connectivity index (χ2v) is 16.4. The summed E-state index contributed by atoms with van der Waals surface area (Å²) in [5.74, 6) is 1.69. The summed E-state index contributed by atoms with van der Waals surface area (Å²) in [6, 6.07) is 72.6. The topological polar surface area (TPSA) is 66.6 Å². The monoisotopic (exact) mass is 818 g/mol. The highest BCUT2D eigenvalue weighted by molar-refractivity contribution is 6.26. The van der Waals surface area contributed by atoms with E-state index < -0.39 is 0 Å². The van der Waals surface area contributed by atoms with E-state index >= 15 is 0 Å². The summed E-state index contributed by atoms with van der Waals surface area (Å²) in [6.45, 7) is 0. The highest BCUT2D eigenvalue weighted by atomic mass is 16.3. The molecule has 0 aliphatic carbocycles. The van der Waals surface area contributed by atoms with E-state index in [1.54, 1.807) is 0 Å². The predicted molar refractivity (Wildman–Crippen MR) is 261 cm³/mol. The van der Waals surface area contributed by atoms with E-state index in [1.165, 1.54) is 32.6 Å². The van der Waals surface area contributed by atoms with Crippen molar-refractivity contribution in [3.05, 3.63) is 206 Å². The number of hydrogen-bond donors (Lipinski definition) is 0. The number of aromatic nitrogens is 6. The molecule has 7 heteroatoms.